The average molecular weight is 363 g/mol. The van der Waals surface area contributed by atoms with Gasteiger partial charge >= 0.3 is 0 Å². The fourth-order valence-corrected chi connectivity index (χ4v) is 2.46. The summed E-state index contributed by atoms with van der Waals surface area (Å²) in [7, 11) is 0. The highest BCUT2D eigenvalue weighted by atomic mass is 19.3. The Hall–Kier alpha value is -3.37. The Morgan fingerprint density at radius 3 is 2.77 bits per heavy atom. The van der Waals surface area contributed by atoms with Crippen LogP contribution in [0.2, 0.25) is 0 Å². The number of benzene rings is 1. The molecule has 0 saturated carbocycles. The van der Waals surface area contributed by atoms with Crippen LogP contribution < -0.4 is 0 Å². The average Bonchev–Trinajstić information content (AvgIpc) is 3.27. The molecule has 0 bridgehead atoms. The van der Waals surface area contributed by atoms with E-state index in [1.54, 1.807) is 0 Å². The fraction of sp³-hybridized carbons (Fsp3) is 0.133. The van der Waals surface area contributed by atoms with Gasteiger partial charge in [-0.1, -0.05) is 0 Å². The van der Waals surface area contributed by atoms with Crippen LogP contribution in [0, 0.1) is 11.6 Å². The molecule has 0 amide bonds. The predicted molar refractivity (Wildman–Crippen MR) is 80.3 cm³/mol. The third-order valence-electron chi connectivity index (χ3n) is 3.64. The van der Waals surface area contributed by atoms with Crippen LogP contribution in [0.5, 0.6) is 0 Å². The number of H-pyrrole nitrogens is 1. The van der Waals surface area contributed by atoms with Crippen LogP contribution >= 0.6 is 0 Å². The number of nitrogens with zero attached hydrogens (tertiary/aromatic N) is 6. The molecule has 0 aliphatic heterocycles. The maximum atomic E-state index is 13.9. The van der Waals surface area contributed by atoms with Crippen LogP contribution in [0.15, 0.2) is 30.7 Å². The minimum atomic E-state index is -2.81. The van der Waals surface area contributed by atoms with Gasteiger partial charge in [-0.2, -0.15) is 10.2 Å². The SMILES string of the molecule is Fc1ccc(F)c(Cc2nc(-c3n[nH]c(C(F)F)n3)cn3ncnc23)c1. The Morgan fingerprint density at radius 2 is 2.00 bits per heavy atom. The summed E-state index contributed by atoms with van der Waals surface area (Å²) in [4.78, 5) is 12.0. The molecule has 1 N–H and O–H groups in total. The first-order valence-corrected chi connectivity index (χ1v) is 7.35. The van der Waals surface area contributed by atoms with E-state index in [1.807, 2.05) is 0 Å². The molecule has 0 fully saturated rings. The van der Waals surface area contributed by atoms with Crippen molar-refractivity contribution in [3.63, 3.8) is 0 Å². The van der Waals surface area contributed by atoms with Crippen molar-refractivity contribution in [1.82, 2.24) is 34.8 Å². The summed E-state index contributed by atoms with van der Waals surface area (Å²) in [5.74, 6) is -1.86. The van der Waals surface area contributed by atoms with Gasteiger partial charge in [-0.3, -0.25) is 5.10 Å². The predicted octanol–water partition coefficient (Wildman–Crippen LogP) is 2.72. The topological polar surface area (TPSA) is 84.7 Å². The molecule has 0 aliphatic carbocycles. The number of hydrogen-bond acceptors (Lipinski definition) is 5. The number of fused-ring (bicyclic) bond motifs is 1. The third kappa shape index (κ3) is 2.87. The summed E-state index contributed by atoms with van der Waals surface area (Å²) in [5, 5.41) is 9.80. The van der Waals surface area contributed by atoms with Crippen molar-refractivity contribution < 1.29 is 17.6 Å². The highest BCUT2D eigenvalue weighted by Gasteiger charge is 2.18. The van der Waals surface area contributed by atoms with Crippen molar-refractivity contribution in [2.75, 3.05) is 0 Å². The van der Waals surface area contributed by atoms with E-state index in [4.69, 9.17) is 0 Å². The number of aromatic amines is 1. The molecular weight excluding hydrogens is 354 g/mol. The molecule has 0 unspecified atom stereocenters. The molecule has 132 valence electrons. The normalized spacial score (nSPS) is 11.6. The molecule has 0 saturated heterocycles. The monoisotopic (exact) mass is 363 g/mol. The number of rotatable bonds is 4. The van der Waals surface area contributed by atoms with Gasteiger partial charge in [0.25, 0.3) is 6.43 Å². The molecule has 3 heterocycles. The van der Waals surface area contributed by atoms with E-state index >= 15 is 0 Å². The van der Waals surface area contributed by atoms with Crippen LogP contribution in [0.3, 0.4) is 0 Å². The fourth-order valence-electron chi connectivity index (χ4n) is 2.46. The van der Waals surface area contributed by atoms with E-state index in [0.717, 1.165) is 18.2 Å². The Bertz CT molecular complexity index is 1090. The number of halogens is 4. The molecule has 7 nitrogen and oxygen atoms in total. The largest absolute Gasteiger partial charge is 0.296 e. The van der Waals surface area contributed by atoms with E-state index in [-0.39, 0.29) is 29.2 Å². The Morgan fingerprint density at radius 1 is 1.15 bits per heavy atom. The first-order chi connectivity index (χ1) is 12.5. The van der Waals surface area contributed by atoms with Gasteiger partial charge in [-0.05, 0) is 23.8 Å². The van der Waals surface area contributed by atoms with E-state index in [0.29, 0.717) is 5.65 Å². The molecule has 1 aromatic carbocycles. The Labute approximate surface area is 142 Å². The minimum absolute atomic E-state index is 0.0707. The van der Waals surface area contributed by atoms with Crippen molar-refractivity contribution >= 4 is 5.65 Å². The molecule has 0 spiro atoms. The first kappa shape index (κ1) is 16.1. The third-order valence-corrected chi connectivity index (χ3v) is 3.64. The van der Waals surface area contributed by atoms with E-state index in [2.05, 4.69) is 30.2 Å². The van der Waals surface area contributed by atoms with Gasteiger partial charge in [0.2, 0.25) is 5.82 Å². The summed E-state index contributed by atoms with van der Waals surface area (Å²) < 4.78 is 54.1. The van der Waals surface area contributed by atoms with Crippen LogP contribution in [0.4, 0.5) is 17.6 Å². The quantitative estimate of drug-likeness (QED) is 0.564. The molecule has 4 rings (SSSR count). The lowest BCUT2D eigenvalue weighted by molar-refractivity contribution is 0.141. The number of alkyl halides is 2. The van der Waals surface area contributed by atoms with Gasteiger partial charge in [0.1, 0.15) is 23.7 Å². The second-order valence-corrected chi connectivity index (χ2v) is 5.36. The highest BCUT2D eigenvalue weighted by molar-refractivity contribution is 5.54. The highest BCUT2D eigenvalue weighted by Crippen LogP contribution is 2.21. The van der Waals surface area contributed by atoms with Gasteiger partial charge in [0.15, 0.2) is 11.5 Å². The standard InChI is InChI=1S/C15H9F4N7/c16-8-1-2-9(17)7(3-8)4-10-15-20-6-21-26(15)5-11(22-10)13-23-14(12(18)19)25-24-13/h1-3,5-6,12H,4H2,(H,23,24,25). The molecule has 26 heavy (non-hydrogen) atoms. The molecule has 4 aromatic rings. The van der Waals surface area contributed by atoms with Crippen molar-refractivity contribution in [3.8, 4) is 11.5 Å². The van der Waals surface area contributed by atoms with Gasteiger partial charge in [0.05, 0.1) is 11.9 Å². The Balaban J connectivity index is 1.81. The molecular formula is C15H9F4N7. The van der Waals surface area contributed by atoms with E-state index in [9.17, 15) is 17.6 Å². The Kier molecular flexibility index (Phi) is 3.82. The maximum Gasteiger partial charge on any atom is 0.296 e. The van der Waals surface area contributed by atoms with Gasteiger partial charge in [-0.15, -0.1) is 0 Å². The summed E-state index contributed by atoms with van der Waals surface area (Å²) in [5.41, 5.74) is 0.802. The molecule has 0 radical (unpaired) electrons. The zero-order valence-electron chi connectivity index (χ0n) is 12.9. The van der Waals surface area contributed by atoms with Crippen molar-refractivity contribution in [2.24, 2.45) is 0 Å². The van der Waals surface area contributed by atoms with Crippen LogP contribution in [-0.4, -0.2) is 34.8 Å². The lowest BCUT2D eigenvalue weighted by atomic mass is 10.1. The summed E-state index contributed by atoms with van der Waals surface area (Å²) in [6.07, 6.45) is -0.223. The number of hydrogen-bond donors (Lipinski definition) is 1. The second-order valence-electron chi connectivity index (χ2n) is 5.36. The lowest BCUT2D eigenvalue weighted by Gasteiger charge is -2.06. The van der Waals surface area contributed by atoms with Crippen molar-refractivity contribution in [1.29, 1.82) is 0 Å². The van der Waals surface area contributed by atoms with Crippen LogP contribution in [0.25, 0.3) is 17.2 Å². The van der Waals surface area contributed by atoms with Crippen molar-refractivity contribution in [2.45, 2.75) is 12.8 Å². The van der Waals surface area contributed by atoms with Crippen LogP contribution in [0.1, 0.15) is 23.5 Å². The summed E-state index contributed by atoms with van der Waals surface area (Å²) >= 11 is 0. The van der Waals surface area contributed by atoms with Crippen molar-refractivity contribution in [3.05, 3.63) is 59.4 Å². The number of aromatic nitrogens is 7. The zero-order chi connectivity index (χ0) is 18.3. The molecule has 11 heteroatoms. The summed E-state index contributed by atoms with van der Waals surface area (Å²) in [6, 6.07) is 3.08. The van der Waals surface area contributed by atoms with E-state index in [1.165, 1.54) is 17.0 Å². The van der Waals surface area contributed by atoms with Gasteiger partial charge < -0.3 is 0 Å². The first-order valence-electron chi connectivity index (χ1n) is 7.35. The van der Waals surface area contributed by atoms with Gasteiger partial charge in [-0.25, -0.2) is 37.0 Å². The molecule has 3 aromatic heterocycles. The second kappa shape index (κ2) is 6.17. The molecule has 0 aliphatic rings. The lowest BCUT2D eigenvalue weighted by Crippen LogP contribution is -2.04. The van der Waals surface area contributed by atoms with Gasteiger partial charge in [0, 0.05) is 6.42 Å². The smallest absolute Gasteiger partial charge is 0.258 e. The maximum absolute atomic E-state index is 13.9. The zero-order valence-corrected chi connectivity index (χ0v) is 12.9. The summed E-state index contributed by atoms with van der Waals surface area (Å²) in [6.45, 7) is 0. The van der Waals surface area contributed by atoms with E-state index < -0.39 is 23.9 Å². The number of nitrogens with one attached hydrogen (secondary N) is 1. The van der Waals surface area contributed by atoms with Crippen LogP contribution in [-0.2, 0) is 6.42 Å². The molecule has 0 atom stereocenters. The minimum Gasteiger partial charge on any atom is -0.258 e.